The van der Waals surface area contributed by atoms with Crippen molar-refractivity contribution in [2.45, 2.75) is 39.5 Å². The Kier molecular flexibility index (Phi) is 7.39. The van der Waals surface area contributed by atoms with Crippen molar-refractivity contribution in [2.75, 3.05) is 0 Å². The van der Waals surface area contributed by atoms with E-state index >= 15 is 0 Å². The fourth-order valence-corrected chi connectivity index (χ4v) is 3.26. The van der Waals surface area contributed by atoms with Crippen LogP contribution in [0.25, 0.3) is 0 Å². The maximum Gasteiger partial charge on any atom is 0.124 e. The van der Waals surface area contributed by atoms with Crippen molar-refractivity contribution in [2.24, 2.45) is 9.98 Å². The Labute approximate surface area is 178 Å². The molecule has 4 heteroatoms. The van der Waals surface area contributed by atoms with E-state index in [1.165, 1.54) is 11.1 Å². The number of hydrogen-bond acceptors (Lipinski definition) is 4. The zero-order chi connectivity index (χ0) is 21.3. The minimum atomic E-state index is 0.206. The van der Waals surface area contributed by atoms with Gasteiger partial charge in [0, 0.05) is 23.6 Å². The molecule has 0 saturated heterocycles. The number of nitrogens with zero attached hydrogens (tertiary/aromatic N) is 2. The van der Waals surface area contributed by atoms with Crippen LogP contribution in [0.1, 0.15) is 48.9 Å². The van der Waals surface area contributed by atoms with Crippen molar-refractivity contribution in [3.05, 3.63) is 82.9 Å². The summed E-state index contributed by atoms with van der Waals surface area (Å²) in [6.07, 6.45) is 7.35. The number of benzene rings is 3. The number of aryl methyl sites for hydroxylation is 2. The van der Waals surface area contributed by atoms with E-state index in [1.54, 1.807) is 24.6 Å². The molecule has 0 fully saturated rings. The maximum absolute atomic E-state index is 10.2. The molecule has 0 aliphatic rings. The summed E-state index contributed by atoms with van der Waals surface area (Å²) in [7, 11) is 0. The highest BCUT2D eigenvalue weighted by Crippen LogP contribution is 2.29. The van der Waals surface area contributed by atoms with E-state index in [4.69, 9.17) is 0 Å². The molecule has 0 radical (unpaired) electrons. The van der Waals surface area contributed by atoms with Crippen molar-refractivity contribution in [1.82, 2.24) is 0 Å². The second-order valence-electron chi connectivity index (χ2n) is 7.29. The monoisotopic (exact) mass is 400 g/mol. The van der Waals surface area contributed by atoms with Gasteiger partial charge < -0.3 is 10.2 Å². The van der Waals surface area contributed by atoms with Gasteiger partial charge in [0.2, 0.25) is 0 Å². The molecule has 0 spiro atoms. The summed E-state index contributed by atoms with van der Waals surface area (Å²) < 4.78 is 0. The summed E-state index contributed by atoms with van der Waals surface area (Å²) in [5, 5.41) is 20.3. The Bertz CT molecular complexity index is 970. The van der Waals surface area contributed by atoms with Crippen molar-refractivity contribution < 1.29 is 10.2 Å². The van der Waals surface area contributed by atoms with Crippen LogP contribution in [0.15, 0.2) is 70.6 Å². The first-order valence-corrected chi connectivity index (χ1v) is 10.4. The third kappa shape index (κ3) is 5.57. The topological polar surface area (TPSA) is 65.2 Å². The SMILES string of the molecule is CCCc1ccc(O)c(C=Nc2ccccc2N=Cc2cc(CCC)ccc2O)c1. The largest absolute Gasteiger partial charge is 0.507 e. The third-order valence-electron chi connectivity index (χ3n) is 4.83. The summed E-state index contributed by atoms with van der Waals surface area (Å²) in [5.41, 5.74) is 5.10. The van der Waals surface area contributed by atoms with Gasteiger partial charge in [0.05, 0.1) is 11.4 Å². The van der Waals surface area contributed by atoms with Gasteiger partial charge in [-0.05, 0) is 60.4 Å². The molecule has 0 saturated carbocycles. The van der Waals surface area contributed by atoms with E-state index < -0.39 is 0 Å². The van der Waals surface area contributed by atoms with Gasteiger partial charge >= 0.3 is 0 Å². The molecule has 0 amide bonds. The lowest BCUT2D eigenvalue weighted by Crippen LogP contribution is -1.89. The summed E-state index contributed by atoms with van der Waals surface area (Å²) >= 11 is 0. The molecule has 3 rings (SSSR count). The lowest BCUT2D eigenvalue weighted by molar-refractivity contribution is 0.473. The lowest BCUT2D eigenvalue weighted by Gasteiger charge is -2.05. The molecular weight excluding hydrogens is 372 g/mol. The molecule has 0 aromatic heterocycles. The number of aliphatic imine (C=N–C) groups is 2. The number of rotatable bonds is 8. The summed E-state index contributed by atoms with van der Waals surface area (Å²) in [4.78, 5) is 9.12. The Balaban J connectivity index is 1.87. The van der Waals surface area contributed by atoms with Crippen LogP contribution in [0.2, 0.25) is 0 Å². The van der Waals surface area contributed by atoms with E-state index in [0.29, 0.717) is 22.5 Å². The number of phenolic OH excluding ortho intramolecular Hbond substituents is 2. The van der Waals surface area contributed by atoms with Crippen LogP contribution in [0, 0.1) is 0 Å². The van der Waals surface area contributed by atoms with Crippen LogP contribution in [0.5, 0.6) is 11.5 Å². The van der Waals surface area contributed by atoms with Gasteiger partial charge in [0.25, 0.3) is 0 Å². The Morgan fingerprint density at radius 2 is 1.10 bits per heavy atom. The number of phenols is 2. The van der Waals surface area contributed by atoms with Gasteiger partial charge in [-0.2, -0.15) is 0 Å². The van der Waals surface area contributed by atoms with Gasteiger partial charge in [-0.15, -0.1) is 0 Å². The molecule has 0 bridgehead atoms. The van der Waals surface area contributed by atoms with Gasteiger partial charge in [0.15, 0.2) is 0 Å². The van der Waals surface area contributed by atoms with E-state index in [-0.39, 0.29) is 11.5 Å². The number of para-hydroxylation sites is 2. The van der Waals surface area contributed by atoms with Crippen molar-refractivity contribution >= 4 is 23.8 Å². The number of aromatic hydroxyl groups is 2. The molecule has 154 valence electrons. The van der Waals surface area contributed by atoms with Gasteiger partial charge in [0.1, 0.15) is 11.5 Å². The minimum Gasteiger partial charge on any atom is -0.507 e. The minimum absolute atomic E-state index is 0.206. The number of hydrogen-bond donors (Lipinski definition) is 2. The average molecular weight is 401 g/mol. The second-order valence-corrected chi connectivity index (χ2v) is 7.29. The van der Waals surface area contributed by atoms with Crippen molar-refractivity contribution in [1.29, 1.82) is 0 Å². The normalized spacial score (nSPS) is 11.5. The fourth-order valence-electron chi connectivity index (χ4n) is 3.26. The van der Waals surface area contributed by atoms with Crippen molar-refractivity contribution in [3.63, 3.8) is 0 Å². The maximum atomic E-state index is 10.2. The molecule has 2 N–H and O–H groups in total. The molecule has 0 aliphatic heterocycles. The zero-order valence-corrected chi connectivity index (χ0v) is 17.5. The zero-order valence-electron chi connectivity index (χ0n) is 17.5. The summed E-state index contributed by atoms with van der Waals surface area (Å²) in [6, 6.07) is 18.8. The summed E-state index contributed by atoms with van der Waals surface area (Å²) in [5.74, 6) is 0.412. The van der Waals surface area contributed by atoms with Crippen molar-refractivity contribution in [3.8, 4) is 11.5 Å². The van der Waals surface area contributed by atoms with Crippen LogP contribution in [-0.2, 0) is 12.8 Å². The molecule has 0 atom stereocenters. The van der Waals surface area contributed by atoms with Gasteiger partial charge in [-0.3, -0.25) is 9.98 Å². The molecule has 0 heterocycles. The van der Waals surface area contributed by atoms with Gasteiger partial charge in [-0.1, -0.05) is 51.0 Å². The second kappa shape index (κ2) is 10.4. The van der Waals surface area contributed by atoms with Crippen LogP contribution < -0.4 is 0 Å². The smallest absolute Gasteiger partial charge is 0.124 e. The first kappa shape index (κ1) is 21.3. The quantitative estimate of drug-likeness (QED) is 0.424. The molecule has 3 aromatic rings. The van der Waals surface area contributed by atoms with E-state index in [2.05, 4.69) is 23.8 Å². The van der Waals surface area contributed by atoms with Gasteiger partial charge in [-0.25, -0.2) is 0 Å². The molecule has 3 aromatic carbocycles. The highest BCUT2D eigenvalue weighted by molar-refractivity contribution is 5.89. The Morgan fingerprint density at radius 3 is 1.50 bits per heavy atom. The van der Waals surface area contributed by atoms with Crippen LogP contribution in [0.4, 0.5) is 11.4 Å². The van der Waals surface area contributed by atoms with E-state index in [9.17, 15) is 10.2 Å². The van der Waals surface area contributed by atoms with E-state index in [1.807, 2.05) is 48.5 Å². The standard InChI is InChI=1S/C26H28N2O2/c1-3-7-19-11-13-25(29)21(15-19)17-27-23-9-5-6-10-24(23)28-18-22-16-20(8-4-2)12-14-26(22)30/h5-6,9-18,29-30H,3-4,7-8H2,1-2H3. The van der Waals surface area contributed by atoms with E-state index in [0.717, 1.165) is 25.7 Å². The molecule has 4 nitrogen and oxygen atoms in total. The fraction of sp³-hybridized carbons (Fsp3) is 0.231. The lowest BCUT2D eigenvalue weighted by atomic mass is 10.1. The molecular formula is C26H28N2O2. The molecule has 30 heavy (non-hydrogen) atoms. The van der Waals surface area contributed by atoms with Crippen LogP contribution >= 0.6 is 0 Å². The predicted octanol–water partition coefficient (Wildman–Crippen LogP) is 6.50. The first-order valence-electron chi connectivity index (χ1n) is 10.4. The Morgan fingerprint density at radius 1 is 0.667 bits per heavy atom. The van der Waals surface area contributed by atoms with Crippen LogP contribution in [0.3, 0.4) is 0 Å². The first-order chi connectivity index (χ1) is 14.6. The molecule has 0 aliphatic carbocycles. The average Bonchev–Trinajstić information content (AvgIpc) is 2.75. The highest BCUT2D eigenvalue weighted by atomic mass is 16.3. The Hall–Kier alpha value is -3.40. The predicted molar refractivity (Wildman–Crippen MR) is 125 cm³/mol. The third-order valence-corrected chi connectivity index (χ3v) is 4.83. The summed E-state index contributed by atoms with van der Waals surface area (Å²) in [6.45, 7) is 4.26. The molecule has 0 unspecified atom stereocenters. The van der Waals surface area contributed by atoms with Crippen LogP contribution in [-0.4, -0.2) is 22.6 Å². The highest BCUT2D eigenvalue weighted by Gasteiger charge is 2.04.